The zero-order valence-corrected chi connectivity index (χ0v) is 17.5. The van der Waals surface area contributed by atoms with Crippen LogP contribution in [0.2, 0.25) is 0 Å². The Bertz CT molecular complexity index is 1230. The summed E-state index contributed by atoms with van der Waals surface area (Å²) < 4.78 is 20.8. The summed E-state index contributed by atoms with van der Waals surface area (Å²) in [7, 11) is 1.58. The number of amides is 1. The predicted octanol–water partition coefficient (Wildman–Crippen LogP) is 4.05. The topological polar surface area (TPSA) is 77.4 Å². The first-order valence-electron chi connectivity index (χ1n) is 9.83. The number of fused-ring (bicyclic) bond motifs is 2. The number of anilines is 1. The van der Waals surface area contributed by atoms with Crippen molar-refractivity contribution in [3.8, 4) is 0 Å². The van der Waals surface area contributed by atoms with Gasteiger partial charge < -0.3 is 14.6 Å². The lowest BCUT2D eigenvalue weighted by molar-refractivity contribution is 0.0526. The number of aryl methyl sites for hydroxylation is 2. The third-order valence-corrected chi connectivity index (χ3v) is 6.48. The van der Waals surface area contributed by atoms with Gasteiger partial charge in [-0.1, -0.05) is 6.07 Å². The molecule has 1 aromatic carbocycles. The Kier molecular flexibility index (Phi) is 5.42. The number of rotatable bonds is 4. The van der Waals surface area contributed by atoms with Crippen LogP contribution in [0.15, 0.2) is 29.2 Å². The maximum absolute atomic E-state index is 14.1. The predicted molar refractivity (Wildman–Crippen MR) is 114 cm³/mol. The molecule has 3 aromatic rings. The zero-order valence-electron chi connectivity index (χ0n) is 16.7. The van der Waals surface area contributed by atoms with Gasteiger partial charge in [0.25, 0.3) is 5.91 Å². The van der Waals surface area contributed by atoms with Gasteiger partial charge in [-0.05, 0) is 50.3 Å². The number of hydrogen-bond donors (Lipinski definition) is 1. The molecule has 1 amide bonds. The lowest BCUT2D eigenvalue weighted by atomic mass is 9.95. The summed E-state index contributed by atoms with van der Waals surface area (Å²) >= 11 is 1.35. The van der Waals surface area contributed by atoms with Gasteiger partial charge >= 0.3 is 5.97 Å². The van der Waals surface area contributed by atoms with Gasteiger partial charge in [0.1, 0.15) is 16.4 Å². The van der Waals surface area contributed by atoms with Crippen molar-refractivity contribution in [3.63, 3.8) is 0 Å². The van der Waals surface area contributed by atoms with Crippen molar-refractivity contribution in [3.05, 3.63) is 62.0 Å². The molecule has 0 saturated carbocycles. The van der Waals surface area contributed by atoms with E-state index >= 15 is 0 Å². The fourth-order valence-electron chi connectivity index (χ4n) is 3.92. The van der Waals surface area contributed by atoms with E-state index in [1.165, 1.54) is 40.3 Å². The number of aromatic nitrogens is 1. The monoisotopic (exact) mass is 428 g/mol. The number of esters is 1. The molecular weight excluding hydrogens is 407 g/mol. The van der Waals surface area contributed by atoms with Crippen molar-refractivity contribution in [1.29, 1.82) is 0 Å². The molecule has 8 heteroatoms. The Morgan fingerprint density at radius 1 is 1.27 bits per heavy atom. The summed E-state index contributed by atoms with van der Waals surface area (Å²) in [6.07, 6.45) is 4.92. The minimum absolute atomic E-state index is 0.114. The van der Waals surface area contributed by atoms with Crippen LogP contribution in [0.25, 0.3) is 10.9 Å². The molecule has 1 aliphatic rings. The highest BCUT2D eigenvalue weighted by atomic mass is 32.1. The van der Waals surface area contributed by atoms with Crippen molar-refractivity contribution < 1.29 is 18.7 Å². The Hall–Kier alpha value is -3.00. The molecule has 2 aromatic heterocycles. The van der Waals surface area contributed by atoms with E-state index in [1.54, 1.807) is 14.0 Å². The van der Waals surface area contributed by atoms with Crippen molar-refractivity contribution in [2.24, 2.45) is 7.05 Å². The van der Waals surface area contributed by atoms with E-state index in [2.05, 4.69) is 5.32 Å². The minimum atomic E-state index is -0.633. The first-order valence-corrected chi connectivity index (χ1v) is 10.6. The van der Waals surface area contributed by atoms with Gasteiger partial charge in [-0.25, -0.2) is 9.18 Å². The Morgan fingerprint density at radius 2 is 2.03 bits per heavy atom. The summed E-state index contributed by atoms with van der Waals surface area (Å²) in [5.74, 6) is -1.64. The standard InChI is InChI=1S/C22H21FN2O4S/c1-3-29-22(28)17-12-7-4-5-10-16(12)30-21(17)24-20(27)14-11-25(2)18-13(19(14)26)8-6-9-15(18)23/h6,8-9,11H,3-5,7,10H2,1-2H3,(H,24,27). The smallest absolute Gasteiger partial charge is 0.341 e. The highest BCUT2D eigenvalue weighted by Gasteiger charge is 2.28. The highest BCUT2D eigenvalue weighted by molar-refractivity contribution is 7.17. The average molecular weight is 428 g/mol. The molecule has 156 valence electrons. The van der Waals surface area contributed by atoms with Gasteiger partial charge in [0.05, 0.1) is 17.7 Å². The highest BCUT2D eigenvalue weighted by Crippen LogP contribution is 2.38. The van der Waals surface area contributed by atoms with Gasteiger partial charge in [0.15, 0.2) is 0 Å². The van der Waals surface area contributed by atoms with Crippen molar-refractivity contribution in [2.75, 3.05) is 11.9 Å². The summed E-state index contributed by atoms with van der Waals surface area (Å²) in [6.45, 7) is 1.96. The third-order valence-electron chi connectivity index (χ3n) is 5.27. The number of benzene rings is 1. The van der Waals surface area contributed by atoms with Crippen molar-refractivity contribution in [1.82, 2.24) is 4.57 Å². The van der Waals surface area contributed by atoms with E-state index in [4.69, 9.17) is 4.74 Å². The van der Waals surface area contributed by atoms with E-state index in [-0.39, 0.29) is 23.1 Å². The fourth-order valence-corrected chi connectivity index (χ4v) is 5.20. The van der Waals surface area contributed by atoms with Gasteiger partial charge in [-0.2, -0.15) is 0 Å². The number of para-hydroxylation sites is 1. The second kappa shape index (κ2) is 8.02. The quantitative estimate of drug-likeness (QED) is 0.636. The normalized spacial score (nSPS) is 13.2. The van der Waals surface area contributed by atoms with Crippen LogP contribution in [-0.4, -0.2) is 23.1 Å². The Balaban J connectivity index is 1.77. The summed E-state index contributed by atoms with van der Waals surface area (Å²) in [6, 6.07) is 4.20. The number of pyridine rings is 1. The summed E-state index contributed by atoms with van der Waals surface area (Å²) in [5, 5.41) is 3.26. The fraction of sp³-hybridized carbons (Fsp3) is 0.318. The van der Waals surface area contributed by atoms with Gasteiger partial charge in [0, 0.05) is 23.5 Å². The molecule has 0 fully saturated rings. The molecule has 0 bridgehead atoms. The Labute approximate surface area is 176 Å². The molecular formula is C22H21FN2O4S. The van der Waals surface area contributed by atoms with Crippen molar-refractivity contribution >= 4 is 39.1 Å². The second-order valence-corrected chi connectivity index (χ2v) is 8.31. The van der Waals surface area contributed by atoms with Crippen LogP contribution in [-0.2, 0) is 24.6 Å². The van der Waals surface area contributed by atoms with Crippen molar-refractivity contribution in [2.45, 2.75) is 32.6 Å². The first-order chi connectivity index (χ1) is 14.4. The summed E-state index contributed by atoms with van der Waals surface area (Å²) in [4.78, 5) is 39.5. The van der Waals surface area contributed by atoms with Crippen LogP contribution in [0.5, 0.6) is 0 Å². The molecule has 1 N–H and O–H groups in total. The van der Waals surface area contributed by atoms with Crippen LogP contribution in [0, 0.1) is 5.82 Å². The minimum Gasteiger partial charge on any atom is -0.462 e. The number of thiophene rings is 1. The molecule has 0 aliphatic heterocycles. The van der Waals surface area contributed by atoms with Gasteiger partial charge in [-0.15, -0.1) is 11.3 Å². The molecule has 0 unspecified atom stereocenters. The molecule has 6 nitrogen and oxygen atoms in total. The number of carbonyl (C=O) groups is 2. The number of carbonyl (C=O) groups excluding carboxylic acids is 2. The Morgan fingerprint density at radius 3 is 2.80 bits per heavy atom. The number of nitrogens with one attached hydrogen (secondary N) is 1. The molecule has 0 saturated heterocycles. The first kappa shape index (κ1) is 20.3. The van der Waals surface area contributed by atoms with Gasteiger partial charge in [0.2, 0.25) is 5.43 Å². The van der Waals surface area contributed by atoms with E-state index in [1.807, 2.05) is 0 Å². The van der Waals surface area contributed by atoms with Gasteiger partial charge in [-0.3, -0.25) is 9.59 Å². The third kappa shape index (κ3) is 3.41. The number of halogens is 1. The SMILES string of the molecule is CCOC(=O)c1c(NC(=O)c2cn(C)c3c(F)cccc3c2=O)sc2c1CCCC2. The lowest BCUT2D eigenvalue weighted by Gasteiger charge is -2.12. The molecule has 4 rings (SSSR count). The molecule has 0 atom stereocenters. The molecule has 0 radical (unpaired) electrons. The number of hydrogen-bond acceptors (Lipinski definition) is 5. The van der Waals surface area contributed by atoms with Crippen LogP contribution < -0.4 is 10.7 Å². The molecule has 2 heterocycles. The van der Waals surface area contributed by atoms with E-state index in [9.17, 15) is 18.8 Å². The average Bonchev–Trinajstić information content (AvgIpc) is 3.08. The van der Waals surface area contributed by atoms with E-state index in [0.29, 0.717) is 10.6 Å². The van der Waals surface area contributed by atoms with E-state index < -0.39 is 23.1 Å². The second-order valence-electron chi connectivity index (χ2n) is 7.21. The molecule has 1 aliphatic carbocycles. The van der Waals surface area contributed by atoms with Crippen LogP contribution >= 0.6 is 11.3 Å². The summed E-state index contributed by atoms with van der Waals surface area (Å²) in [5.41, 5.74) is 0.774. The number of ether oxygens (including phenoxy) is 1. The maximum Gasteiger partial charge on any atom is 0.341 e. The van der Waals surface area contributed by atoms with Crippen LogP contribution in [0.4, 0.5) is 9.39 Å². The molecule has 0 spiro atoms. The maximum atomic E-state index is 14.1. The largest absolute Gasteiger partial charge is 0.462 e. The zero-order chi connectivity index (χ0) is 21.4. The number of nitrogens with zero attached hydrogens (tertiary/aromatic N) is 1. The van der Waals surface area contributed by atoms with Crippen LogP contribution in [0.3, 0.4) is 0 Å². The van der Waals surface area contributed by atoms with Crippen LogP contribution in [0.1, 0.15) is 50.9 Å². The molecule has 30 heavy (non-hydrogen) atoms. The van der Waals surface area contributed by atoms with E-state index in [0.717, 1.165) is 36.1 Å². The lowest BCUT2D eigenvalue weighted by Crippen LogP contribution is -2.24.